The Labute approximate surface area is 136 Å². The van der Waals surface area contributed by atoms with Crippen LogP contribution in [-0.2, 0) is 19.3 Å². The summed E-state index contributed by atoms with van der Waals surface area (Å²) in [5.41, 5.74) is 5.59. The molecule has 3 aromatic carbocycles. The minimum Gasteiger partial charge on any atom is -0.322 e. The largest absolute Gasteiger partial charge is 0.322 e. The van der Waals surface area contributed by atoms with Gasteiger partial charge in [-0.3, -0.25) is 4.79 Å². The first kappa shape index (κ1) is 14.0. The molecule has 0 atom stereocenters. The third-order valence-electron chi connectivity index (χ3n) is 4.74. The van der Waals surface area contributed by atoms with E-state index in [4.69, 9.17) is 0 Å². The van der Waals surface area contributed by atoms with Crippen molar-refractivity contribution in [2.75, 3.05) is 5.32 Å². The van der Waals surface area contributed by atoms with Crippen molar-refractivity contribution in [2.45, 2.75) is 26.2 Å². The van der Waals surface area contributed by atoms with E-state index in [0.717, 1.165) is 35.9 Å². The second-order valence-corrected chi connectivity index (χ2v) is 6.12. The van der Waals surface area contributed by atoms with Crippen LogP contribution in [0.5, 0.6) is 0 Å². The van der Waals surface area contributed by atoms with Gasteiger partial charge in [0, 0.05) is 11.3 Å². The summed E-state index contributed by atoms with van der Waals surface area (Å²) in [5, 5.41) is 5.37. The van der Waals surface area contributed by atoms with Gasteiger partial charge in [-0.1, -0.05) is 43.3 Å². The van der Waals surface area contributed by atoms with Crippen LogP contribution in [0.1, 0.15) is 34.0 Å². The normalized spacial score (nSPS) is 12.6. The highest BCUT2D eigenvalue weighted by atomic mass is 16.1. The molecule has 0 heterocycles. The molecule has 0 radical (unpaired) electrons. The van der Waals surface area contributed by atoms with Crippen LogP contribution in [0.3, 0.4) is 0 Å². The van der Waals surface area contributed by atoms with Crippen LogP contribution in [-0.4, -0.2) is 5.91 Å². The molecule has 1 N–H and O–H groups in total. The number of carbonyl (C=O) groups excluding carboxylic acids is 1. The number of amides is 1. The zero-order chi connectivity index (χ0) is 15.8. The van der Waals surface area contributed by atoms with E-state index in [1.54, 1.807) is 0 Å². The summed E-state index contributed by atoms with van der Waals surface area (Å²) in [5.74, 6) is -0.0372. The number of benzene rings is 3. The Kier molecular flexibility index (Phi) is 3.38. The quantitative estimate of drug-likeness (QED) is 0.743. The summed E-state index contributed by atoms with van der Waals surface area (Å²) in [7, 11) is 0. The molecule has 0 unspecified atom stereocenters. The molecule has 114 valence electrons. The van der Waals surface area contributed by atoms with Gasteiger partial charge < -0.3 is 5.32 Å². The summed E-state index contributed by atoms with van der Waals surface area (Å²) < 4.78 is 0. The number of aryl methyl sites for hydroxylation is 3. The summed E-state index contributed by atoms with van der Waals surface area (Å²) >= 11 is 0. The van der Waals surface area contributed by atoms with Gasteiger partial charge in [-0.15, -0.1) is 0 Å². The first-order chi connectivity index (χ1) is 11.3. The van der Waals surface area contributed by atoms with Crippen molar-refractivity contribution in [2.24, 2.45) is 0 Å². The van der Waals surface area contributed by atoms with Crippen LogP contribution >= 0.6 is 0 Å². The maximum Gasteiger partial charge on any atom is 0.256 e. The SMILES string of the molecule is CCc1ccc(NC(=O)c2ccc3c4c(cccc24)CC3)cc1. The molecule has 0 aromatic heterocycles. The number of anilines is 1. The molecular weight excluding hydrogens is 282 g/mol. The minimum absolute atomic E-state index is 0.0372. The molecule has 0 saturated carbocycles. The van der Waals surface area contributed by atoms with Gasteiger partial charge in [0.05, 0.1) is 0 Å². The first-order valence-corrected chi connectivity index (χ1v) is 8.20. The molecule has 2 heteroatoms. The maximum atomic E-state index is 12.7. The van der Waals surface area contributed by atoms with Crippen LogP contribution in [0.4, 0.5) is 5.69 Å². The van der Waals surface area contributed by atoms with Crippen molar-refractivity contribution >= 4 is 22.4 Å². The average Bonchev–Trinajstić information content (AvgIpc) is 3.01. The van der Waals surface area contributed by atoms with Crippen LogP contribution in [0.2, 0.25) is 0 Å². The molecule has 0 bridgehead atoms. The lowest BCUT2D eigenvalue weighted by molar-refractivity contribution is 0.102. The lowest BCUT2D eigenvalue weighted by Crippen LogP contribution is -2.12. The van der Waals surface area contributed by atoms with E-state index in [-0.39, 0.29) is 5.91 Å². The first-order valence-electron chi connectivity index (χ1n) is 8.20. The van der Waals surface area contributed by atoms with Crippen molar-refractivity contribution in [3.63, 3.8) is 0 Å². The molecule has 3 aromatic rings. The number of carbonyl (C=O) groups is 1. The lowest BCUT2D eigenvalue weighted by Gasteiger charge is -2.10. The van der Waals surface area contributed by atoms with Crippen LogP contribution in [0.25, 0.3) is 10.8 Å². The molecule has 1 aliphatic carbocycles. The maximum absolute atomic E-state index is 12.7. The Balaban J connectivity index is 1.70. The average molecular weight is 301 g/mol. The molecule has 1 aliphatic rings. The van der Waals surface area contributed by atoms with Gasteiger partial charge in [0.1, 0.15) is 0 Å². The molecule has 2 nitrogen and oxygen atoms in total. The van der Waals surface area contributed by atoms with Crippen molar-refractivity contribution in [1.29, 1.82) is 0 Å². The molecule has 23 heavy (non-hydrogen) atoms. The zero-order valence-corrected chi connectivity index (χ0v) is 13.2. The van der Waals surface area contributed by atoms with Gasteiger partial charge in [-0.2, -0.15) is 0 Å². The number of hydrogen-bond donors (Lipinski definition) is 1. The standard InChI is InChI=1S/C21H19NO/c1-2-14-6-11-17(12-7-14)22-21(23)19-13-10-16-9-8-15-4-3-5-18(19)20(15)16/h3-7,10-13H,2,8-9H2,1H3,(H,22,23). The van der Waals surface area contributed by atoms with E-state index in [1.807, 2.05) is 18.2 Å². The van der Waals surface area contributed by atoms with Crippen LogP contribution in [0, 0.1) is 0 Å². The number of hydrogen-bond acceptors (Lipinski definition) is 1. The van der Waals surface area contributed by atoms with Gasteiger partial charge in [-0.25, -0.2) is 0 Å². The van der Waals surface area contributed by atoms with E-state index < -0.39 is 0 Å². The molecule has 0 saturated heterocycles. The Hall–Kier alpha value is -2.61. The predicted octanol–water partition coefficient (Wildman–Crippen LogP) is 4.75. The minimum atomic E-state index is -0.0372. The van der Waals surface area contributed by atoms with E-state index in [2.05, 4.69) is 48.6 Å². The Morgan fingerprint density at radius 2 is 1.70 bits per heavy atom. The number of rotatable bonds is 3. The monoisotopic (exact) mass is 301 g/mol. The van der Waals surface area contributed by atoms with Gasteiger partial charge >= 0.3 is 0 Å². The highest BCUT2D eigenvalue weighted by Crippen LogP contribution is 2.33. The Morgan fingerprint density at radius 3 is 2.43 bits per heavy atom. The molecule has 1 amide bonds. The molecule has 4 rings (SSSR count). The zero-order valence-electron chi connectivity index (χ0n) is 13.2. The second kappa shape index (κ2) is 5.54. The van der Waals surface area contributed by atoms with E-state index in [0.29, 0.717) is 0 Å². The van der Waals surface area contributed by atoms with E-state index >= 15 is 0 Å². The fraction of sp³-hybridized carbons (Fsp3) is 0.190. The summed E-state index contributed by atoms with van der Waals surface area (Å²) in [6.07, 6.45) is 3.16. The van der Waals surface area contributed by atoms with E-state index in [1.165, 1.54) is 22.1 Å². The summed E-state index contributed by atoms with van der Waals surface area (Å²) in [6, 6.07) is 18.4. The molecule has 0 aliphatic heterocycles. The third kappa shape index (κ3) is 2.40. The predicted molar refractivity (Wildman–Crippen MR) is 95.1 cm³/mol. The topological polar surface area (TPSA) is 29.1 Å². The third-order valence-corrected chi connectivity index (χ3v) is 4.74. The van der Waals surface area contributed by atoms with Crippen molar-refractivity contribution < 1.29 is 4.79 Å². The second-order valence-electron chi connectivity index (χ2n) is 6.12. The Bertz CT molecular complexity index is 883. The van der Waals surface area contributed by atoms with Crippen molar-refractivity contribution in [3.05, 3.63) is 76.9 Å². The number of nitrogens with one attached hydrogen (secondary N) is 1. The fourth-order valence-electron chi connectivity index (χ4n) is 3.47. The lowest BCUT2D eigenvalue weighted by atomic mass is 9.99. The van der Waals surface area contributed by atoms with Gasteiger partial charge in [0.15, 0.2) is 0 Å². The molecular formula is C21H19NO. The highest BCUT2D eigenvalue weighted by molar-refractivity contribution is 6.14. The van der Waals surface area contributed by atoms with Gasteiger partial charge in [0.25, 0.3) is 5.91 Å². The fourth-order valence-corrected chi connectivity index (χ4v) is 3.47. The van der Waals surface area contributed by atoms with Crippen molar-refractivity contribution in [1.82, 2.24) is 0 Å². The van der Waals surface area contributed by atoms with Crippen LogP contribution in [0.15, 0.2) is 54.6 Å². The Morgan fingerprint density at radius 1 is 0.957 bits per heavy atom. The summed E-state index contributed by atoms with van der Waals surface area (Å²) in [4.78, 5) is 12.7. The molecule has 0 fully saturated rings. The highest BCUT2D eigenvalue weighted by Gasteiger charge is 2.18. The smallest absolute Gasteiger partial charge is 0.256 e. The molecule has 0 spiro atoms. The van der Waals surface area contributed by atoms with Gasteiger partial charge in [0.2, 0.25) is 0 Å². The van der Waals surface area contributed by atoms with E-state index in [9.17, 15) is 4.79 Å². The van der Waals surface area contributed by atoms with Crippen molar-refractivity contribution in [3.8, 4) is 0 Å². The van der Waals surface area contributed by atoms with Gasteiger partial charge in [-0.05, 0) is 64.9 Å². The van der Waals surface area contributed by atoms with Crippen LogP contribution < -0.4 is 5.32 Å². The summed E-state index contributed by atoms with van der Waals surface area (Å²) in [6.45, 7) is 2.13.